The molecular formula is C17H16O4. The molecular weight excluding hydrogens is 268 g/mol. The van der Waals surface area contributed by atoms with E-state index >= 15 is 0 Å². The summed E-state index contributed by atoms with van der Waals surface area (Å²) >= 11 is 0. The van der Waals surface area contributed by atoms with Gasteiger partial charge in [-0.15, -0.1) is 0 Å². The zero-order chi connectivity index (χ0) is 15.1. The standard InChI is InChI=1S/C17H16O4/c1-2-20-17(19)12-16(18)13-7-6-10-15(11-13)21-14-8-4-3-5-9-14/h3-11H,2,12H2,1H3. The molecule has 0 aromatic heterocycles. The van der Waals surface area contributed by atoms with E-state index in [2.05, 4.69) is 0 Å². The summed E-state index contributed by atoms with van der Waals surface area (Å²) in [6, 6.07) is 16.0. The van der Waals surface area contributed by atoms with Gasteiger partial charge in [0.2, 0.25) is 0 Å². The van der Waals surface area contributed by atoms with Gasteiger partial charge in [-0.3, -0.25) is 9.59 Å². The summed E-state index contributed by atoms with van der Waals surface area (Å²) in [5, 5.41) is 0. The van der Waals surface area contributed by atoms with E-state index in [1.165, 1.54) is 0 Å². The average molecular weight is 284 g/mol. The van der Waals surface area contributed by atoms with E-state index in [4.69, 9.17) is 9.47 Å². The van der Waals surface area contributed by atoms with Crippen molar-refractivity contribution in [1.82, 2.24) is 0 Å². The second-order valence-electron chi connectivity index (χ2n) is 4.35. The summed E-state index contributed by atoms with van der Waals surface area (Å²) in [6.45, 7) is 1.97. The quantitative estimate of drug-likeness (QED) is 0.462. The number of para-hydroxylation sites is 1. The molecule has 0 aliphatic heterocycles. The number of carbonyl (C=O) groups is 2. The molecule has 2 aromatic carbocycles. The highest BCUT2D eigenvalue weighted by molar-refractivity contribution is 6.06. The van der Waals surface area contributed by atoms with Crippen molar-refractivity contribution in [3.8, 4) is 11.5 Å². The highest BCUT2D eigenvalue weighted by atomic mass is 16.5. The molecule has 2 aromatic rings. The second kappa shape index (κ2) is 7.24. The van der Waals surface area contributed by atoms with Crippen LogP contribution in [0.25, 0.3) is 0 Å². The number of Topliss-reactive ketones (excluding diaryl/α,β-unsaturated/α-hetero) is 1. The lowest BCUT2D eigenvalue weighted by atomic mass is 10.1. The van der Waals surface area contributed by atoms with E-state index in [-0.39, 0.29) is 18.8 Å². The Morgan fingerprint density at radius 1 is 0.952 bits per heavy atom. The summed E-state index contributed by atoms with van der Waals surface area (Å²) in [4.78, 5) is 23.3. The Labute approximate surface area is 123 Å². The molecule has 0 radical (unpaired) electrons. The van der Waals surface area contributed by atoms with Crippen molar-refractivity contribution in [3.63, 3.8) is 0 Å². The fourth-order valence-electron chi connectivity index (χ4n) is 1.80. The van der Waals surface area contributed by atoms with Gasteiger partial charge in [-0.25, -0.2) is 0 Å². The largest absolute Gasteiger partial charge is 0.466 e. The normalized spacial score (nSPS) is 9.95. The molecule has 0 bridgehead atoms. The van der Waals surface area contributed by atoms with E-state index in [9.17, 15) is 9.59 Å². The van der Waals surface area contributed by atoms with Crippen molar-refractivity contribution in [2.45, 2.75) is 13.3 Å². The Kier molecular flexibility index (Phi) is 5.10. The lowest BCUT2D eigenvalue weighted by Crippen LogP contribution is -2.11. The van der Waals surface area contributed by atoms with Crippen molar-refractivity contribution in [2.24, 2.45) is 0 Å². The number of hydrogen-bond acceptors (Lipinski definition) is 4. The molecule has 0 aliphatic rings. The van der Waals surface area contributed by atoms with E-state index in [0.717, 1.165) is 0 Å². The lowest BCUT2D eigenvalue weighted by molar-refractivity contribution is -0.141. The first-order chi connectivity index (χ1) is 10.2. The summed E-state index contributed by atoms with van der Waals surface area (Å²) < 4.78 is 10.4. The molecule has 0 atom stereocenters. The third-order valence-corrected chi connectivity index (χ3v) is 2.75. The molecule has 4 nitrogen and oxygen atoms in total. The summed E-state index contributed by atoms with van der Waals surface area (Å²) in [6.07, 6.45) is -0.261. The third kappa shape index (κ3) is 4.45. The number of benzene rings is 2. The summed E-state index contributed by atoms with van der Waals surface area (Å²) in [5.41, 5.74) is 0.427. The van der Waals surface area contributed by atoms with Crippen LogP contribution in [0.15, 0.2) is 54.6 Å². The Morgan fingerprint density at radius 2 is 1.67 bits per heavy atom. The highest BCUT2D eigenvalue weighted by Gasteiger charge is 2.13. The predicted molar refractivity (Wildman–Crippen MR) is 78.5 cm³/mol. The Balaban J connectivity index is 2.07. The number of ether oxygens (including phenoxy) is 2. The van der Waals surface area contributed by atoms with Gasteiger partial charge in [-0.05, 0) is 31.2 Å². The average Bonchev–Trinajstić information content (AvgIpc) is 2.49. The Hall–Kier alpha value is -2.62. The minimum Gasteiger partial charge on any atom is -0.466 e. The van der Waals surface area contributed by atoms with Gasteiger partial charge in [0.1, 0.15) is 17.9 Å². The molecule has 0 aliphatic carbocycles. The lowest BCUT2D eigenvalue weighted by Gasteiger charge is -2.07. The second-order valence-corrected chi connectivity index (χ2v) is 4.35. The van der Waals surface area contributed by atoms with Crippen molar-refractivity contribution in [2.75, 3.05) is 6.61 Å². The number of hydrogen-bond donors (Lipinski definition) is 0. The first-order valence-electron chi connectivity index (χ1n) is 6.71. The number of rotatable bonds is 6. The third-order valence-electron chi connectivity index (χ3n) is 2.75. The van der Waals surface area contributed by atoms with Crippen LogP contribution in [0.4, 0.5) is 0 Å². The van der Waals surface area contributed by atoms with E-state index < -0.39 is 5.97 Å². The van der Waals surface area contributed by atoms with E-state index in [1.807, 2.05) is 30.3 Å². The van der Waals surface area contributed by atoms with Gasteiger partial charge in [0, 0.05) is 5.56 Å². The first-order valence-corrected chi connectivity index (χ1v) is 6.71. The van der Waals surface area contributed by atoms with Gasteiger partial charge >= 0.3 is 5.97 Å². The van der Waals surface area contributed by atoms with Crippen LogP contribution in [0, 0.1) is 0 Å². The van der Waals surface area contributed by atoms with Crippen LogP contribution in [-0.4, -0.2) is 18.4 Å². The van der Waals surface area contributed by atoms with Crippen molar-refractivity contribution in [1.29, 1.82) is 0 Å². The molecule has 0 heterocycles. The minimum atomic E-state index is -0.517. The maximum absolute atomic E-state index is 12.0. The van der Waals surface area contributed by atoms with Crippen molar-refractivity contribution >= 4 is 11.8 Å². The van der Waals surface area contributed by atoms with Crippen LogP contribution in [-0.2, 0) is 9.53 Å². The molecule has 0 fully saturated rings. The Bertz CT molecular complexity index is 620. The van der Waals surface area contributed by atoms with Crippen LogP contribution in [0.3, 0.4) is 0 Å². The van der Waals surface area contributed by atoms with Crippen LogP contribution in [0.1, 0.15) is 23.7 Å². The van der Waals surface area contributed by atoms with Crippen molar-refractivity contribution < 1.29 is 19.1 Å². The molecule has 0 saturated carbocycles. The van der Waals surface area contributed by atoms with Gasteiger partial charge in [0.05, 0.1) is 6.61 Å². The molecule has 4 heteroatoms. The maximum Gasteiger partial charge on any atom is 0.313 e. The highest BCUT2D eigenvalue weighted by Crippen LogP contribution is 2.22. The topological polar surface area (TPSA) is 52.6 Å². The smallest absolute Gasteiger partial charge is 0.313 e. The zero-order valence-electron chi connectivity index (χ0n) is 11.7. The van der Waals surface area contributed by atoms with Gasteiger partial charge in [-0.1, -0.05) is 30.3 Å². The van der Waals surface area contributed by atoms with Crippen LogP contribution >= 0.6 is 0 Å². The minimum absolute atomic E-state index is 0.261. The number of carbonyl (C=O) groups excluding carboxylic acids is 2. The Morgan fingerprint density at radius 3 is 2.38 bits per heavy atom. The molecule has 21 heavy (non-hydrogen) atoms. The molecule has 108 valence electrons. The van der Waals surface area contributed by atoms with Crippen LogP contribution < -0.4 is 4.74 Å². The van der Waals surface area contributed by atoms with E-state index in [1.54, 1.807) is 31.2 Å². The van der Waals surface area contributed by atoms with Crippen LogP contribution in [0.2, 0.25) is 0 Å². The SMILES string of the molecule is CCOC(=O)CC(=O)c1cccc(Oc2ccccc2)c1. The number of esters is 1. The fraction of sp³-hybridized carbons (Fsp3) is 0.176. The predicted octanol–water partition coefficient (Wildman–Crippen LogP) is 3.61. The molecule has 0 N–H and O–H groups in total. The van der Waals surface area contributed by atoms with Crippen molar-refractivity contribution in [3.05, 3.63) is 60.2 Å². The first kappa shape index (κ1) is 14.8. The van der Waals surface area contributed by atoms with Gasteiger partial charge in [0.25, 0.3) is 0 Å². The monoisotopic (exact) mass is 284 g/mol. The molecule has 0 unspecified atom stereocenters. The molecule has 0 amide bonds. The van der Waals surface area contributed by atoms with Gasteiger partial charge in [0.15, 0.2) is 5.78 Å². The fourth-order valence-corrected chi connectivity index (χ4v) is 1.80. The zero-order valence-corrected chi connectivity index (χ0v) is 11.7. The molecule has 0 spiro atoms. The van der Waals surface area contributed by atoms with Gasteiger partial charge < -0.3 is 9.47 Å². The number of ketones is 1. The summed E-state index contributed by atoms with van der Waals surface area (Å²) in [5.74, 6) is 0.437. The van der Waals surface area contributed by atoms with Gasteiger partial charge in [-0.2, -0.15) is 0 Å². The maximum atomic E-state index is 12.0. The van der Waals surface area contributed by atoms with Crippen LogP contribution in [0.5, 0.6) is 11.5 Å². The molecule has 0 saturated heterocycles. The summed E-state index contributed by atoms with van der Waals surface area (Å²) in [7, 11) is 0. The molecule has 2 rings (SSSR count). The van der Waals surface area contributed by atoms with E-state index in [0.29, 0.717) is 17.1 Å².